The zero-order chi connectivity index (χ0) is 18.9. The van der Waals surface area contributed by atoms with E-state index in [1.807, 2.05) is 0 Å². The zero-order valence-electron chi connectivity index (χ0n) is 13.2. The maximum Gasteiger partial charge on any atom is 0.437 e. The summed E-state index contributed by atoms with van der Waals surface area (Å²) in [6, 6.07) is 7.50. The van der Waals surface area contributed by atoms with E-state index in [0.717, 1.165) is 0 Å². The lowest BCUT2D eigenvalue weighted by atomic mass is 9.77. The van der Waals surface area contributed by atoms with E-state index in [9.17, 15) is 27.9 Å². The molecule has 0 unspecified atom stereocenters. The average molecular weight is 365 g/mol. The molecule has 0 saturated carbocycles. The van der Waals surface area contributed by atoms with E-state index in [0.29, 0.717) is 0 Å². The van der Waals surface area contributed by atoms with Crippen LogP contribution in [-0.2, 0) is 0 Å². The molecule has 1 fully saturated rings. The monoisotopic (exact) mass is 365 g/mol. The summed E-state index contributed by atoms with van der Waals surface area (Å²) in [5.41, 5.74) is -3.59. The molecule has 3 N–H and O–H groups in total. The molecular weight excluding hydrogens is 351 g/mol. The highest BCUT2D eigenvalue weighted by molar-refractivity contribution is 6.00. The van der Waals surface area contributed by atoms with E-state index < -0.39 is 35.7 Å². The van der Waals surface area contributed by atoms with Crippen molar-refractivity contribution in [2.75, 3.05) is 0 Å². The molecule has 0 aliphatic carbocycles. The van der Waals surface area contributed by atoms with Gasteiger partial charge in [0.25, 0.3) is 0 Å². The van der Waals surface area contributed by atoms with Crippen LogP contribution in [0.1, 0.15) is 22.0 Å². The lowest BCUT2D eigenvalue weighted by molar-refractivity contribution is -0.287. The molecule has 6 nitrogen and oxygen atoms in total. The number of aliphatic hydroxyl groups is 1. The number of amides is 2. The fraction of sp³-hybridized carbons (Fsp3) is 0.235. The number of nitrogens with one attached hydrogen (secondary N) is 2. The molecule has 0 radical (unpaired) electrons. The fourth-order valence-electron chi connectivity index (χ4n) is 2.96. The Morgan fingerprint density at radius 1 is 1.15 bits per heavy atom. The van der Waals surface area contributed by atoms with E-state index in [4.69, 9.17) is 0 Å². The van der Waals surface area contributed by atoms with Crippen molar-refractivity contribution in [1.29, 1.82) is 0 Å². The van der Waals surface area contributed by atoms with Crippen LogP contribution in [0.4, 0.5) is 18.0 Å². The van der Waals surface area contributed by atoms with Crippen LogP contribution in [0.5, 0.6) is 0 Å². The molecule has 1 saturated heterocycles. The molecule has 9 heteroatoms. The molecule has 2 amide bonds. The molecular formula is C17H14F3N3O3. The number of hydrogen-bond acceptors (Lipinski definition) is 4. The van der Waals surface area contributed by atoms with Gasteiger partial charge in [-0.25, -0.2) is 4.79 Å². The number of alkyl halides is 3. The number of urea groups is 1. The number of benzene rings is 1. The van der Waals surface area contributed by atoms with Gasteiger partial charge in [-0.1, -0.05) is 36.4 Å². The maximum atomic E-state index is 13.7. The van der Waals surface area contributed by atoms with Gasteiger partial charge in [-0.05, 0) is 11.6 Å². The summed E-state index contributed by atoms with van der Waals surface area (Å²) in [5.74, 6) is -3.02. The summed E-state index contributed by atoms with van der Waals surface area (Å²) in [4.78, 5) is 28.5. The number of hydrogen-bond donors (Lipinski definition) is 3. The first-order valence-electron chi connectivity index (χ1n) is 7.61. The second-order valence-electron chi connectivity index (χ2n) is 5.83. The highest BCUT2D eigenvalue weighted by atomic mass is 19.4. The van der Waals surface area contributed by atoms with E-state index in [1.165, 1.54) is 54.1 Å². The number of pyridine rings is 1. The van der Waals surface area contributed by atoms with Crippen molar-refractivity contribution in [2.24, 2.45) is 5.92 Å². The summed E-state index contributed by atoms with van der Waals surface area (Å²) in [5, 5.41) is 14.1. The van der Waals surface area contributed by atoms with Gasteiger partial charge < -0.3 is 15.7 Å². The van der Waals surface area contributed by atoms with Gasteiger partial charge in [0.05, 0.1) is 6.04 Å². The van der Waals surface area contributed by atoms with Crippen molar-refractivity contribution in [3.63, 3.8) is 0 Å². The van der Waals surface area contributed by atoms with E-state index >= 15 is 0 Å². The van der Waals surface area contributed by atoms with E-state index in [-0.39, 0.29) is 11.1 Å². The van der Waals surface area contributed by atoms with Crippen molar-refractivity contribution in [3.05, 3.63) is 66.0 Å². The second-order valence-corrected chi connectivity index (χ2v) is 5.83. The van der Waals surface area contributed by atoms with Crippen LogP contribution >= 0.6 is 0 Å². The van der Waals surface area contributed by atoms with Gasteiger partial charge in [0, 0.05) is 18.0 Å². The van der Waals surface area contributed by atoms with Crippen LogP contribution in [-0.4, -0.2) is 33.8 Å². The number of carbonyl (C=O) groups excluding carboxylic acids is 2. The molecule has 1 aliphatic rings. The first kappa shape index (κ1) is 17.9. The Bertz CT molecular complexity index is 814. The Balaban J connectivity index is 2.15. The molecule has 3 atom stereocenters. The van der Waals surface area contributed by atoms with E-state index in [2.05, 4.69) is 10.3 Å². The van der Waals surface area contributed by atoms with Crippen molar-refractivity contribution in [1.82, 2.24) is 15.6 Å². The SMILES string of the molecule is O=C1N[C@@H](c2cccnc2)[C@@H](C(=O)c2ccccc2)[C@](O)(C(F)(F)F)N1. The number of halogens is 3. The molecule has 136 valence electrons. The summed E-state index contributed by atoms with van der Waals surface area (Å²) < 4.78 is 41.0. The molecule has 0 bridgehead atoms. The molecule has 3 rings (SSSR count). The summed E-state index contributed by atoms with van der Waals surface area (Å²) in [6.07, 6.45) is -2.64. The Morgan fingerprint density at radius 3 is 2.42 bits per heavy atom. The fourth-order valence-corrected chi connectivity index (χ4v) is 2.96. The summed E-state index contributed by atoms with van der Waals surface area (Å²) in [6.45, 7) is 0. The topological polar surface area (TPSA) is 91.3 Å². The minimum atomic E-state index is -5.28. The number of carbonyl (C=O) groups is 2. The Hall–Kier alpha value is -2.94. The average Bonchev–Trinajstić information content (AvgIpc) is 2.61. The number of aromatic nitrogens is 1. The van der Waals surface area contributed by atoms with Crippen molar-refractivity contribution < 1.29 is 27.9 Å². The Kier molecular flexibility index (Phi) is 4.41. The quantitative estimate of drug-likeness (QED) is 0.727. The van der Waals surface area contributed by atoms with Crippen molar-refractivity contribution in [2.45, 2.75) is 17.9 Å². The molecule has 26 heavy (non-hydrogen) atoms. The number of ketones is 1. The van der Waals surface area contributed by atoms with Gasteiger partial charge in [0.15, 0.2) is 5.78 Å². The Labute approximate surface area is 146 Å². The van der Waals surface area contributed by atoms with Crippen LogP contribution in [0.3, 0.4) is 0 Å². The van der Waals surface area contributed by atoms with Crippen LogP contribution < -0.4 is 10.6 Å². The molecule has 0 spiro atoms. The molecule has 1 aromatic carbocycles. The van der Waals surface area contributed by atoms with Crippen LogP contribution in [0, 0.1) is 5.92 Å². The largest absolute Gasteiger partial charge is 0.437 e. The van der Waals surface area contributed by atoms with Crippen molar-refractivity contribution in [3.8, 4) is 0 Å². The second kappa shape index (κ2) is 6.41. The van der Waals surface area contributed by atoms with Gasteiger partial charge in [0.2, 0.25) is 5.72 Å². The van der Waals surface area contributed by atoms with Crippen LogP contribution in [0.25, 0.3) is 0 Å². The molecule has 2 aromatic rings. The van der Waals surface area contributed by atoms with Gasteiger partial charge in [-0.2, -0.15) is 13.2 Å². The number of rotatable bonds is 3. The minimum Gasteiger partial charge on any atom is -0.363 e. The standard InChI is InChI=1S/C17H14F3N3O3/c18-17(19,20)16(26)12(14(24)10-5-2-1-3-6-10)13(22-15(25)23-16)11-7-4-8-21-9-11/h1-9,12-13,26H,(H2,22,23,25)/t12-,13-,16-/m0/s1. The third kappa shape index (κ3) is 3.01. The predicted molar refractivity (Wildman–Crippen MR) is 83.9 cm³/mol. The lowest BCUT2D eigenvalue weighted by Gasteiger charge is -2.44. The molecule has 2 heterocycles. The van der Waals surface area contributed by atoms with E-state index in [1.54, 1.807) is 6.07 Å². The summed E-state index contributed by atoms with van der Waals surface area (Å²) in [7, 11) is 0. The lowest BCUT2D eigenvalue weighted by Crippen LogP contribution is -2.72. The smallest absolute Gasteiger partial charge is 0.363 e. The molecule has 1 aliphatic heterocycles. The minimum absolute atomic E-state index is 0.0213. The Morgan fingerprint density at radius 2 is 1.85 bits per heavy atom. The first-order chi connectivity index (χ1) is 12.2. The predicted octanol–water partition coefficient (Wildman–Crippen LogP) is 2.19. The number of nitrogens with zero attached hydrogens (tertiary/aromatic N) is 1. The molecule has 1 aromatic heterocycles. The first-order valence-corrected chi connectivity index (χ1v) is 7.61. The highest BCUT2D eigenvalue weighted by Crippen LogP contribution is 2.43. The van der Waals surface area contributed by atoms with Crippen LogP contribution in [0.15, 0.2) is 54.9 Å². The normalized spacial score (nSPS) is 25.9. The van der Waals surface area contributed by atoms with Gasteiger partial charge >= 0.3 is 12.2 Å². The van der Waals surface area contributed by atoms with Gasteiger partial charge in [0.1, 0.15) is 5.92 Å². The summed E-state index contributed by atoms with van der Waals surface area (Å²) >= 11 is 0. The maximum absolute atomic E-state index is 13.7. The third-order valence-corrected chi connectivity index (χ3v) is 4.19. The number of Topliss-reactive ketones (excluding diaryl/α,β-unsaturated/α-hetero) is 1. The van der Waals surface area contributed by atoms with Crippen LogP contribution in [0.2, 0.25) is 0 Å². The highest BCUT2D eigenvalue weighted by Gasteiger charge is 2.66. The third-order valence-electron chi connectivity index (χ3n) is 4.19. The van der Waals surface area contributed by atoms with Gasteiger partial charge in [-0.3, -0.25) is 9.78 Å². The van der Waals surface area contributed by atoms with Crippen molar-refractivity contribution >= 4 is 11.8 Å². The van der Waals surface area contributed by atoms with Gasteiger partial charge in [-0.15, -0.1) is 0 Å². The zero-order valence-corrected chi connectivity index (χ0v) is 13.2.